The number of rotatable bonds is 3. The van der Waals surface area contributed by atoms with E-state index in [1.165, 1.54) is 29.2 Å². The van der Waals surface area contributed by atoms with Crippen molar-refractivity contribution in [3.05, 3.63) is 48.0 Å². The Morgan fingerprint density at radius 2 is 2.15 bits per heavy atom. The normalized spacial score (nSPS) is 11.4. The Morgan fingerprint density at radius 1 is 1.40 bits per heavy atom. The SMILES string of the molecule is CCNC(=O)c1cn(-c2cccc(C(F)(F)F)c2)cn1. The van der Waals surface area contributed by atoms with Crippen LogP contribution in [0.2, 0.25) is 0 Å². The zero-order chi connectivity index (χ0) is 14.8. The predicted octanol–water partition coefficient (Wildman–Crippen LogP) is 2.64. The summed E-state index contributed by atoms with van der Waals surface area (Å²) < 4.78 is 39.3. The van der Waals surface area contributed by atoms with Crippen LogP contribution in [0.15, 0.2) is 36.8 Å². The highest BCUT2D eigenvalue weighted by Gasteiger charge is 2.30. The molecule has 0 aliphatic heterocycles. The first-order chi connectivity index (χ1) is 9.41. The lowest BCUT2D eigenvalue weighted by molar-refractivity contribution is -0.137. The zero-order valence-corrected chi connectivity index (χ0v) is 10.6. The molecule has 4 nitrogen and oxygen atoms in total. The van der Waals surface area contributed by atoms with Crippen LogP contribution in [-0.4, -0.2) is 22.0 Å². The van der Waals surface area contributed by atoms with Gasteiger partial charge in [0.25, 0.3) is 5.91 Å². The van der Waals surface area contributed by atoms with E-state index in [-0.39, 0.29) is 11.6 Å². The van der Waals surface area contributed by atoms with Crippen molar-refractivity contribution in [3.63, 3.8) is 0 Å². The summed E-state index contributed by atoms with van der Waals surface area (Å²) in [5.41, 5.74) is -0.296. The van der Waals surface area contributed by atoms with Gasteiger partial charge in [0.05, 0.1) is 5.56 Å². The van der Waals surface area contributed by atoms with Crippen molar-refractivity contribution in [2.75, 3.05) is 6.54 Å². The van der Waals surface area contributed by atoms with E-state index in [0.29, 0.717) is 12.2 Å². The van der Waals surface area contributed by atoms with E-state index in [0.717, 1.165) is 12.1 Å². The van der Waals surface area contributed by atoms with Gasteiger partial charge in [-0.3, -0.25) is 4.79 Å². The minimum absolute atomic E-state index is 0.157. The maximum Gasteiger partial charge on any atom is 0.416 e. The molecule has 20 heavy (non-hydrogen) atoms. The van der Waals surface area contributed by atoms with Crippen molar-refractivity contribution >= 4 is 5.91 Å². The summed E-state index contributed by atoms with van der Waals surface area (Å²) in [5.74, 6) is -0.363. The summed E-state index contributed by atoms with van der Waals surface area (Å²) in [6.07, 6.45) is -1.71. The Bertz CT molecular complexity index is 619. The third-order valence-electron chi connectivity index (χ3n) is 2.62. The molecule has 1 N–H and O–H groups in total. The van der Waals surface area contributed by atoms with Gasteiger partial charge in [-0.2, -0.15) is 13.2 Å². The van der Waals surface area contributed by atoms with Crippen molar-refractivity contribution in [2.45, 2.75) is 13.1 Å². The fourth-order valence-corrected chi connectivity index (χ4v) is 1.68. The van der Waals surface area contributed by atoms with E-state index in [9.17, 15) is 18.0 Å². The molecule has 0 saturated heterocycles. The van der Waals surface area contributed by atoms with Crippen LogP contribution in [0.5, 0.6) is 0 Å². The van der Waals surface area contributed by atoms with Crippen LogP contribution in [-0.2, 0) is 6.18 Å². The third-order valence-corrected chi connectivity index (χ3v) is 2.62. The number of imidazole rings is 1. The molecule has 0 spiro atoms. The average Bonchev–Trinajstić information content (AvgIpc) is 2.88. The molecule has 0 fully saturated rings. The number of nitrogens with one attached hydrogen (secondary N) is 1. The maximum atomic E-state index is 12.6. The van der Waals surface area contributed by atoms with E-state index in [1.807, 2.05) is 0 Å². The lowest BCUT2D eigenvalue weighted by Gasteiger charge is -2.08. The van der Waals surface area contributed by atoms with Crippen molar-refractivity contribution in [2.24, 2.45) is 0 Å². The molecule has 106 valence electrons. The monoisotopic (exact) mass is 283 g/mol. The average molecular weight is 283 g/mol. The fourth-order valence-electron chi connectivity index (χ4n) is 1.68. The molecular formula is C13H12F3N3O. The summed E-state index contributed by atoms with van der Waals surface area (Å²) in [6.45, 7) is 2.22. The number of alkyl halides is 3. The summed E-state index contributed by atoms with van der Waals surface area (Å²) in [7, 11) is 0. The number of aromatic nitrogens is 2. The van der Waals surface area contributed by atoms with E-state index >= 15 is 0 Å². The van der Waals surface area contributed by atoms with E-state index in [2.05, 4.69) is 10.3 Å². The van der Waals surface area contributed by atoms with Crippen molar-refractivity contribution < 1.29 is 18.0 Å². The number of halogens is 3. The highest BCUT2D eigenvalue weighted by molar-refractivity contribution is 5.92. The summed E-state index contributed by atoms with van der Waals surface area (Å²) in [6, 6.07) is 4.82. The van der Waals surface area contributed by atoms with Gasteiger partial charge in [-0.25, -0.2) is 4.98 Å². The second-order valence-corrected chi connectivity index (χ2v) is 4.07. The number of hydrogen-bond donors (Lipinski definition) is 1. The van der Waals surface area contributed by atoms with Gasteiger partial charge in [0.1, 0.15) is 12.0 Å². The molecule has 0 radical (unpaired) electrons. The van der Waals surface area contributed by atoms with Gasteiger partial charge < -0.3 is 9.88 Å². The molecule has 7 heteroatoms. The number of carbonyl (C=O) groups excluding carboxylic acids is 1. The molecule has 0 atom stereocenters. The first-order valence-electron chi connectivity index (χ1n) is 5.91. The minimum atomic E-state index is -4.40. The molecule has 0 unspecified atom stereocenters. The molecule has 1 aromatic heterocycles. The molecule has 0 saturated carbocycles. The topological polar surface area (TPSA) is 46.9 Å². The first-order valence-corrected chi connectivity index (χ1v) is 5.91. The van der Waals surface area contributed by atoms with Crippen LogP contribution in [0.1, 0.15) is 23.0 Å². The number of nitrogens with zero attached hydrogens (tertiary/aromatic N) is 2. The lowest BCUT2D eigenvalue weighted by atomic mass is 10.2. The first kappa shape index (κ1) is 14.1. The molecule has 0 aliphatic carbocycles. The van der Waals surface area contributed by atoms with Crippen LogP contribution in [0.4, 0.5) is 13.2 Å². The fraction of sp³-hybridized carbons (Fsp3) is 0.231. The number of hydrogen-bond acceptors (Lipinski definition) is 2. The second kappa shape index (κ2) is 5.36. The van der Waals surface area contributed by atoms with Gasteiger partial charge >= 0.3 is 6.18 Å². The van der Waals surface area contributed by atoms with E-state index < -0.39 is 11.7 Å². The summed E-state index contributed by atoms with van der Waals surface area (Å²) in [4.78, 5) is 15.4. The molecule has 0 bridgehead atoms. The predicted molar refractivity (Wildman–Crippen MR) is 66.6 cm³/mol. The largest absolute Gasteiger partial charge is 0.416 e. The molecule has 1 heterocycles. The molecule has 1 amide bonds. The van der Waals surface area contributed by atoms with Gasteiger partial charge in [-0.05, 0) is 25.1 Å². The standard InChI is InChI=1S/C13H12F3N3O/c1-2-17-12(20)11-7-19(8-18-11)10-5-3-4-9(6-10)13(14,15)16/h3-8H,2H2,1H3,(H,17,20). The Hall–Kier alpha value is -2.31. The third kappa shape index (κ3) is 2.98. The lowest BCUT2D eigenvalue weighted by Crippen LogP contribution is -2.22. The van der Waals surface area contributed by atoms with Crippen LogP contribution < -0.4 is 5.32 Å². The number of amides is 1. The summed E-state index contributed by atoms with van der Waals surface area (Å²) in [5, 5.41) is 2.57. The Balaban J connectivity index is 2.31. The number of carbonyl (C=O) groups is 1. The molecule has 2 rings (SSSR count). The minimum Gasteiger partial charge on any atom is -0.351 e. The zero-order valence-electron chi connectivity index (χ0n) is 10.6. The maximum absolute atomic E-state index is 12.6. The molecule has 0 aliphatic rings. The number of benzene rings is 1. The van der Waals surface area contributed by atoms with Gasteiger partial charge in [-0.1, -0.05) is 6.07 Å². The van der Waals surface area contributed by atoms with Crippen molar-refractivity contribution in [1.29, 1.82) is 0 Å². The van der Waals surface area contributed by atoms with Gasteiger partial charge in [0, 0.05) is 18.4 Å². The Labute approximate surface area is 113 Å². The van der Waals surface area contributed by atoms with Crippen LogP contribution in [0.25, 0.3) is 5.69 Å². The second-order valence-electron chi connectivity index (χ2n) is 4.07. The van der Waals surface area contributed by atoms with Crippen LogP contribution in [0.3, 0.4) is 0 Å². The molecule has 1 aromatic carbocycles. The van der Waals surface area contributed by atoms with Crippen LogP contribution >= 0.6 is 0 Å². The van der Waals surface area contributed by atoms with Gasteiger partial charge in [0.2, 0.25) is 0 Å². The smallest absolute Gasteiger partial charge is 0.351 e. The van der Waals surface area contributed by atoms with Gasteiger partial charge in [0.15, 0.2) is 0 Å². The Morgan fingerprint density at radius 3 is 2.80 bits per heavy atom. The highest BCUT2D eigenvalue weighted by atomic mass is 19.4. The highest BCUT2D eigenvalue weighted by Crippen LogP contribution is 2.30. The molecule has 2 aromatic rings. The van der Waals surface area contributed by atoms with Crippen LogP contribution in [0, 0.1) is 0 Å². The quantitative estimate of drug-likeness (QED) is 0.941. The van der Waals surface area contributed by atoms with Gasteiger partial charge in [-0.15, -0.1) is 0 Å². The summed E-state index contributed by atoms with van der Waals surface area (Å²) >= 11 is 0. The Kier molecular flexibility index (Phi) is 3.78. The van der Waals surface area contributed by atoms with E-state index in [1.54, 1.807) is 6.92 Å². The van der Waals surface area contributed by atoms with Crippen molar-refractivity contribution in [3.8, 4) is 5.69 Å². The molecular weight excluding hydrogens is 271 g/mol. The van der Waals surface area contributed by atoms with E-state index in [4.69, 9.17) is 0 Å². The van der Waals surface area contributed by atoms with Crippen molar-refractivity contribution in [1.82, 2.24) is 14.9 Å².